The third kappa shape index (κ3) is 2.67. The maximum atomic E-state index is 13.9. The van der Waals surface area contributed by atoms with Crippen LogP contribution in [-0.4, -0.2) is 24.4 Å². The molecule has 3 N–H and O–H groups in total. The highest BCUT2D eigenvalue weighted by atomic mass is 35.5. The molecule has 1 aliphatic rings. The summed E-state index contributed by atoms with van der Waals surface area (Å²) in [6.07, 6.45) is -0.341. The zero-order valence-corrected chi connectivity index (χ0v) is 12.8. The molecule has 3 rings (SSSR count). The van der Waals surface area contributed by atoms with Gasteiger partial charge in [-0.1, -0.05) is 23.2 Å². The summed E-state index contributed by atoms with van der Waals surface area (Å²) in [5.74, 6) is 0.00211. The number of phenols is 1. The minimum Gasteiger partial charge on any atom is -0.508 e. The van der Waals surface area contributed by atoms with Crippen LogP contribution in [-0.2, 0) is 0 Å². The normalized spacial score (nSPS) is 16.6. The van der Waals surface area contributed by atoms with Crippen LogP contribution in [0.4, 0.5) is 4.39 Å². The summed E-state index contributed by atoms with van der Waals surface area (Å²) < 4.78 is 25.1. The van der Waals surface area contributed by atoms with E-state index in [0.717, 1.165) is 0 Å². The van der Waals surface area contributed by atoms with Gasteiger partial charge in [0.05, 0.1) is 10.0 Å². The minimum absolute atomic E-state index is 0.0824. The first-order chi connectivity index (χ1) is 10.5. The number of aromatic hydroxyl groups is 1. The van der Waals surface area contributed by atoms with E-state index in [-0.39, 0.29) is 40.8 Å². The van der Waals surface area contributed by atoms with Gasteiger partial charge in [0.1, 0.15) is 24.3 Å². The molecule has 2 aromatic carbocycles. The van der Waals surface area contributed by atoms with Gasteiger partial charge in [-0.2, -0.15) is 0 Å². The van der Waals surface area contributed by atoms with Crippen molar-refractivity contribution in [1.82, 2.24) is 0 Å². The van der Waals surface area contributed by atoms with E-state index in [9.17, 15) is 9.50 Å². The number of rotatable bonds is 2. The molecule has 22 heavy (non-hydrogen) atoms. The van der Waals surface area contributed by atoms with Crippen molar-refractivity contribution in [1.29, 1.82) is 0 Å². The summed E-state index contributed by atoms with van der Waals surface area (Å²) >= 11 is 12.3. The summed E-state index contributed by atoms with van der Waals surface area (Å²) in [5.41, 5.74) is 6.30. The molecular formula is C15H12Cl2FNO3. The molecule has 4 nitrogen and oxygen atoms in total. The Hall–Kier alpha value is -1.69. The van der Waals surface area contributed by atoms with E-state index in [1.54, 1.807) is 0 Å². The Kier molecular flexibility index (Phi) is 4.04. The molecule has 1 aliphatic heterocycles. The van der Waals surface area contributed by atoms with Crippen molar-refractivity contribution in [2.24, 2.45) is 5.73 Å². The third-order valence-electron chi connectivity index (χ3n) is 3.29. The predicted molar refractivity (Wildman–Crippen MR) is 82.5 cm³/mol. The van der Waals surface area contributed by atoms with Crippen molar-refractivity contribution in [3.63, 3.8) is 0 Å². The molecule has 0 aliphatic carbocycles. The fourth-order valence-corrected chi connectivity index (χ4v) is 2.98. The summed E-state index contributed by atoms with van der Waals surface area (Å²) in [4.78, 5) is 0. The molecule has 0 aromatic heterocycles. The van der Waals surface area contributed by atoms with E-state index in [1.807, 2.05) is 0 Å². The van der Waals surface area contributed by atoms with Crippen LogP contribution in [0.2, 0.25) is 10.0 Å². The van der Waals surface area contributed by atoms with Crippen molar-refractivity contribution < 1.29 is 19.0 Å². The van der Waals surface area contributed by atoms with Gasteiger partial charge in [0.2, 0.25) is 0 Å². The molecule has 0 bridgehead atoms. The Morgan fingerprint density at radius 1 is 1.23 bits per heavy atom. The first-order valence-electron chi connectivity index (χ1n) is 6.51. The van der Waals surface area contributed by atoms with Crippen LogP contribution in [0.15, 0.2) is 24.3 Å². The maximum Gasteiger partial charge on any atom is 0.169 e. The summed E-state index contributed by atoms with van der Waals surface area (Å²) in [7, 11) is 0. The van der Waals surface area contributed by atoms with Crippen molar-refractivity contribution in [2.75, 3.05) is 13.2 Å². The van der Waals surface area contributed by atoms with Crippen LogP contribution in [0.3, 0.4) is 0 Å². The smallest absolute Gasteiger partial charge is 0.169 e. The molecule has 0 unspecified atom stereocenters. The minimum atomic E-state index is -0.510. The molecule has 0 saturated heterocycles. The monoisotopic (exact) mass is 343 g/mol. The molecule has 1 heterocycles. The number of hydrogen-bond acceptors (Lipinski definition) is 4. The molecule has 0 radical (unpaired) electrons. The molecule has 7 heteroatoms. The van der Waals surface area contributed by atoms with Gasteiger partial charge in [-0.05, 0) is 18.2 Å². The van der Waals surface area contributed by atoms with Crippen LogP contribution in [0.5, 0.6) is 17.2 Å². The van der Waals surface area contributed by atoms with Crippen LogP contribution in [0.1, 0.15) is 0 Å². The Morgan fingerprint density at radius 2 is 1.91 bits per heavy atom. The molecule has 0 spiro atoms. The number of benzene rings is 2. The molecule has 0 saturated carbocycles. The second kappa shape index (κ2) is 5.83. The van der Waals surface area contributed by atoms with Gasteiger partial charge in [0, 0.05) is 23.7 Å². The SMILES string of the molecule is NC[C@H]1COc2cc(F)cc(-c3c(Cl)cc(O)cc3Cl)c2O1. The Labute approximate surface area is 136 Å². The van der Waals surface area contributed by atoms with E-state index >= 15 is 0 Å². The van der Waals surface area contributed by atoms with E-state index in [0.29, 0.717) is 16.9 Å². The zero-order valence-electron chi connectivity index (χ0n) is 11.3. The van der Waals surface area contributed by atoms with Crippen LogP contribution in [0.25, 0.3) is 11.1 Å². The summed E-state index contributed by atoms with van der Waals surface area (Å²) in [5, 5.41) is 9.88. The van der Waals surface area contributed by atoms with Crippen LogP contribution >= 0.6 is 23.2 Å². The Bertz CT molecular complexity index is 716. The maximum absolute atomic E-state index is 13.9. The second-order valence-electron chi connectivity index (χ2n) is 4.85. The molecule has 0 amide bonds. The summed E-state index contributed by atoms with van der Waals surface area (Å²) in [6.45, 7) is 0.497. The molecule has 116 valence electrons. The highest BCUT2D eigenvalue weighted by molar-refractivity contribution is 6.39. The first-order valence-corrected chi connectivity index (χ1v) is 7.26. The van der Waals surface area contributed by atoms with Gasteiger partial charge in [-0.3, -0.25) is 0 Å². The van der Waals surface area contributed by atoms with Gasteiger partial charge >= 0.3 is 0 Å². The highest BCUT2D eigenvalue weighted by Crippen LogP contribution is 2.47. The average molecular weight is 344 g/mol. The Morgan fingerprint density at radius 3 is 2.55 bits per heavy atom. The van der Waals surface area contributed by atoms with Crippen molar-refractivity contribution >= 4 is 23.2 Å². The van der Waals surface area contributed by atoms with Gasteiger partial charge < -0.3 is 20.3 Å². The topological polar surface area (TPSA) is 64.7 Å². The van der Waals surface area contributed by atoms with Crippen molar-refractivity contribution in [3.05, 3.63) is 40.1 Å². The van der Waals surface area contributed by atoms with E-state index < -0.39 is 5.82 Å². The number of ether oxygens (including phenoxy) is 2. The summed E-state index contributed by atoms with van der Waals surface area (Å²) in [6, 6.07) is 5.13. The number of hydrogen-bond donors (Lipinski definition) is 2. The lowest BCUT2D eigenvalue weighted by Gasteiger charge is -2.28. The van der Waals surface area contributed by atoms with E-state index in [2.05, 4.69) is 0 Å². The molecule has 0 fully saturated rings. The predicted octanol–water partition coefficient (Wildman–Crippen LogP) is 3.60. The fourth-order valence-electron chi connectivity index (χ4n) is 2.30. The number of halogens is 3. The standard InChI is InChI=1S/C15H12Cl2FNO3/c16-11-3-8(20)4-12(17)14(11)10-1-7(18)2-13-15(10)22-9(5-19)6-21-13/h1-4,9,20H,5-6,19H2/t9-/m0/s1. The second-order valence-corrected chi connectivity index (χ2v) is 5.67. The van der Waals surface area contributed by atoms with Crippen LogP contribution in [0, 0.1) is 5.82 Å². The van der Waals surface area contributed by atoms with Gasteiger partial charge in [0.15, 0.2) is 11.5 Å². The zero-order chi connectivity index (χ0) is 15.9. The first kappa shape index (κ1) is 15.2. The average Bonchev–Trinajstić information content (AvgIpc) is 2.45. The van der Waals surface area contributed by atoms with Crippen LogP contribution < -0.4 is 15.2 Å². The number of fused-ring (bicyclic) bond motifs is 1. The van der Waals surface area contributed by atoms with E-state index in [4.69, 9.17) is 38.4 Å². The lowest BCUT2D eigenvalue weighted by molar-refractivity contribution is 0.0971. The van der Waals surface area contributed by atoms with Crippen molar-refractivity contribution in [3.8, 4) is 28.4 Å². The number of phenolic OH excluding ortho intramolecular Hbond substituents is 1. The van der Waals surface area contributed by atoms with E-state index in [1.165, 1.54) is 24.3 Å². The largest absolute Gasteiger partial charge is 0.508 e. The molecule has 2 aromatic rings. The Balaban J connectivity index is 2.22. The lowest BCUT2D eigenvalue weighted by atomic mass is 10.0. The van der Waals surface area contributed by atoms with Gasteiger partial charge in [-0.15, -0.1) is 0 Å². The van der Waals surface area contributed by atoms with Crippen molar-refractivity contribution in [2.45, 2.75) is 6.10 Å². The molecular weight excluding hydrogens is 332 g/mol. The van der Waals surface area contributed by atoms with Gasteiger partial charge in [0.25, 0.3) is 0 Å². The number of nitrogens with two attached hydrogens (primary N) is 1. The lowest BCUT2D eigenvalue weighted by Crippen LogP contribution is -2.36. The van der Waals surface area contributed by atoms with Gasteiger partial charge in [-0.25, -0.2) is 4.39 Å². The molecule has 1 atom stereocenters. The quantitative estimate of drug-likeness (QED) is 0.874. The third-order valence-corrected chi connectivity index (χ3v) is 3.88. The highest BCUT2D eigenvalue weighted by Gasteiger charge is 2.26. The fraction of sp³-hybridized carbons (Fsp3) is 0.200.